The second-order valence-corrected chi connectivity index (χ2v) is 6.81. The number of nitrogens with one attached hydrogen (secondary N) is 1. The van der Waals surface area contributed by atoms with E-state index in [4.69, 9.17) is 34.8 Å². The van der Waals surface area contributed by atoms with E-state index in [-0.39, 0.29) is 21.5 Å². The zero-order valence-corrected chi connectivity index (χ0v) is 13.2. The highest BCUT2D eigenvalue weighted by Crippen LogP contribution is 2.33. The SMILES string of the molecule is O=S(=O)(Nc1cc(Cl)ccc1O)c1ccc(Cl)c(F)c1Cl. The molecule has 21 heavy (non-hydrogen) atoms. The molecular formula is C12H7Cl3FNO3S. The van der Waals surface area contributed by atoms with Gasteiger partial charge in [-0.2, -0.15) is 0 Å². The summed E-state index contributed by atoms with van der Waals surface area (Å²) in [6.07, 6.45) is 0. The molecule has 0 bridgehead atoms. The number of rotatable bonds is 3. The van der Waals surface area contributed by atoms with Crippen LogP contribution in [0, 0.1) is 5.82 Å². The van der Waals surface area contributed by atoms with E-state index >= 15 is 0 Å². The van der Waals surface area contributed by atoms with Crippen molar-refractivity contribution in [3.8, 4) is 5.75 Å². The maximum absolute atomic E-state index is 13.6. The van der Waals surface area contributed by atoms with Gasteiger partial charge in [0.05, 0.1) is 15.7 Å². The van der Waals surface area contributed by atoms with E-state index in [9.17, 15) is 17.9 Å². The van der Waals surface area contributed by atoms with Gasteiger partial charge in [0, 0.05) is 5.02 Å². The lowest BCUT2D eigenvalue weighted by atomic mass is 10.3. The number of phenols is 1. The number of benzene rings is 2. The van der Waals surface area contributed by atoms with Crippen molar-refractivity contribution in [2.75, 3.05) is 4.72 Å². The Morgan fingerprint density at radius 3 is 2.43 bits per heavy atom. The summed E-state index contributed by atoms with van der Waals surface area (Å²) in [4.78, 5) is -0.509. The van der Waals surface area contributed by atoms with Gasteiger partial charge in [0.1, 0.15) is 10.6 Å². The third kappa shape index (κ3) is 3.35. The Bertz CT molecular complexity index is 812. The molecule has 0 atom stereocenters. The number of sulfonamides is 1. The molecule has 2 N–H and O–H groups in total. The Kier molecular flexibility index (Phi) is 4.53. The van der Waals surface area contributed by atoms with E-state index in [1.54, 1.807) is 0 Å². The fraction of sp³-hybridized carbons (Fsp3) is 0. The van der Waals surface area contributed by atoms with Crippen LogP contribution in [-0.4, -0.2) is 13.5 Å². The summed E-state index contributed by atoms with van der Waals surface area (Å²) in [6, 6.07) is 5.91. The molecule has 0 spiro atoms. The zero-order chi connectivity index (χ0) is 15.8. The molecule has 0 fully saturated rings. The number of anilines is 1. The summed E-state index contributed by atoms with van der Waals surface area (Å²) < 4.78 is 40.0. The topological polar surface area (TPSA) is 66.4 Å². The van der Waals surface area contributed by atoms with Gasteiger partial charge in [-0.1, -0.05) is 34.8 Å². The van der Waals surface area contributed by atoms with Crippen LogP contribution in [0.2, 0.25) is 15.1 Å². The first kappa shape index (κ1) is 16.2. The lowest BCUT2D eigenvalue weighted by Gasteiger charge is -2.11. The Labute approximate surface area is 135 Å². The summed E-state index contributed by atoms with van der Waals surface area (Å²) in [5.41, 5.74) is -0.158. The van der Waals surface area contributed by atoms with Crippen molar-refractivity contribution in [1.82, 2.24) is 0 Å². The minimum atomic E-state index is -4.22. The van der Waals surface area contributed by atoms with Crippen LogP contribution in [0.1, 0.15) is 0 Å². The molecule has 4 nitrogen and oxygen atoms in total. The fourth-order valence-electron chi connectivity index (χ4n) is 1.51. The Morgan fingerprint density at radius 1 is 1.10 bits per heavy atom. The molecule has 2 aromatic rings. The van der Waals surface area contributed by atoms with Crippen LogP contribution in [0.4, 0.5) is 10.1 Å². The first-order chi connectivity index (χ1) is 9.72. The molecule has 0 heterocycles. The minimum Gasteiger partial charge on any atom is -0.506 e. The number of halogens is 4. The zero-order valence-electron chi connectivity index (χ0n) is 10.1. The van der Waals surface area contributed by atoms with Crippen molar-refractivity contribution in [1.29, 1.82) is 0 Å². The minimum absolute atomic E-state index is 0.158. The van der Waals surface area contributed by atoms with Crippen LogP contribution in [-0.2, 0) is 10.0 Å². The molecule has 0 radical (unpaired) electrons. The monoisotopic (exact) mass is 369 g/mol. The van der Waals surface area contributed by atoms with Crippen molar-refractivity contribution >= 4 is 50.5 Å². The molecule has 0 aliphatic carbocycles. The molecular weight excluding hydrogens is 364 g/mol. The van der Waals surface area contributed by atoms with E-state index in [1.165, 1.54) is 18.2 Å². The van der Waals surface area contributed by atoms with Gasteiger partial charge in [0.25, 0.3) is 10.0 Å². The van der Waals surface area contributed by atoms with Gasteiger partial charge < -0.3 is 5.11 Å². The molecule has 0 amide bonds. The summed E-state index contributed by atoms with van der Waals surface area (Å²) in [5.74, 6) is -1.38. The number of phenolic OH excluding ortho intramolecular Hbond substituents is 1. The fourth-order valence-corrected chi connectivity index (χ4v) is 3.49. The van der Waals surface area contributed by atoms with Crippen LogP contribution in [0.25, 0.3) is 0 Å². The van der Waals surface area contributed by atoms with Gasteiger partial charge >= 0.3 is 0 Å². The summed E-state index contributed by atoms with van der Waals surface area (Å²) >= 11 is 16.9. The lowest BCUT2D eigenvalue weighted by molar-refractivity contribution is 0.477. The van der Waals surface area contributed by atoms with E-state index < -0.39 is 25.8 Å². The summed E-state index contributed by atoms with van der Waals surface area (Å²) in [7, 11) is -4.22. The van der Waals surface area contributed by atoms with Crippen LogP contribution in [0.15, 0.2) is 35.2 Å². The molecule has 0 saturated carbocycles. The Hall–Kier alpha value is -1.21. The molecule has 0 aromatic heterocycles. The first-order valence-electron chi connectivity index (χ1n) is 5.37. The van der Waals surface area contributed by atoms with Gasteiger partial charge in [-0.15, -0.1) is 0 Å². The van der Waals surface area contributed by atoms with Crippen molar-refractivity contribution in [3.63, 3.8) is 0 Å². The quantitative estimate of drug-likeness (QED) is 0.625. The van der Waals surface area contributed by atoms with Crippen LogP contribution in [0.5, 0.6) is 5.75 Å². The van der Waals surface area contributed by atoms with Crippen LogP contribution < -0.4 is 4.72 Å². The van der Waals surface area contributed by atoms with Gasteiger partial charge in [-0.05, 0) is 30.3 Å². The Balaban J connectivity index is 2.49. The second kappa shape index (κ2) is 5.88. The average Bonchev–Trinajstić information content (AvgIpc) is 2.39. The van der Waals surface area contributed by atoms with E-state index in [0.717, 1.165) is 12.1 Å². The predicted octanol–water partition coefficient (Wildman–Crippen LogP) is 4.29. The average molecular weight is 371 g/mol. The highest BCUT2D eigenvalue weighted by molar-refractivity contribution is 7.92. The number of aromatic hydroxyl groups is 1. The van der Waals surface area contributed by atoms with E-state index in [2.05, 4.69) is 4.72 Å². The molecule has 0 unspecified atom stereocenters. The normalized spacial score (nSPS) is 11.4. The number of hydrogen-bond acceptors (Lipinski definition) is 3. The van der Waals surface area contributed by atoms with Crippen molar-refractivity contribution in [3.05, 3.63) is 51.2 Å². The molecule has 2 rings (SSSR count). The molecule has 2 aromatic carbocycles. The predicted molar refractivity (Wildman–Crippen MR) is 80.3 cm³/mol. The van der Waals surface area contributed by atoms with Gasteiger partial charge in [-0.3, -0.25) is 4.72 Å². The maximum atomic E-state index is 13.6. The van der Waals surface area contributed by atoms with E-state index in [1.807, 2.05) is 0 Å². The third-order valence-corrected chi connectivity index (χ3v) is 4.91. The van der Waals surface area contributed by atoms with Crippen molar-refractivity contribution < 1.29 is 17.9 Å². The Morgan fingerprint density at radius 2 is 1.76 bits per heavy atom. The summed E-state index contributed by atoms with van der Waals surface area (Å²) in [5, 5.41) is 8.86. The molecule has 0 saturated heterocycles. The first-order valence-corrected chi connectivity index (χ1v) is 7.99. The van der Waals surface area contributed by atoms with Crippen LogP contribution >= 0.6 is 34.8 Å². The summed E-state index contributed by atoms with van der Waals surface area (Å²) in [6.45, 7) is 0. The molecule has 0 aliphatic rings. The standard InChI is InChI=1S/C12H7Cl3FNO3S/c13-6-1-3-9(18)8(5-6)17-21(19,20)10-4-2-7(14)12(16)11(10)15/h1-5,17-18H. The largest absolute Gasteiger partial charge is 0.506 e. The lowest BCUT2D eigenvalue weighted by Crippen LogP contribution is -2.14. The highest BCUT2D eigenvalue weighted by Gasteiger charge is 2.23. The van der Waals surface area contributed by atoms with Crippen molar-refractivity contribution in [2.45, 2.75) is 4.90 Å². The smallest absolute Gasteiger partial charge is 0.263 e. The maximum Gasteiger partial charge on any atom is 0.263 e. The highest BCUT2D eigenvalue weighted by atomic mass is 35.5. The van der Waals surface area contributed by atoms with Gasteiger partial charge in [0.15, 0.2) is 5.82 Å². The molecule has 9 heteroatoms. The second-order valence-electron chi connectivity index (χ2n) is 3.94. The molecule has 0 aliphatic heterocycles. The third-order valence-electron chi connectivity index (χ3n) is 2.49. The number of hydrogen-bond donors (Lipinski definition) is 2. The van der Waals surface area contributed by atoms with Gasteiger partial charge in [0.2, 0.25) is 0 Å². The van der Waals surface area contributed by atoms with Crippen LogP contribution in [0.3, 0.4) is 0 Å². The molecule has 112 valence electrons. The van der Waals surface area contributed by atoms with Gasteiger partial charge in [-0.25, -0.2) is 12.8 Å². The van der Waals surface area contributed by atoms with Crippen molar-refractivity contribution in [2.24, 2.45) is 0 Å². The van der Waals surface area contributed by atoms with E-state index in [0.29, 0.717) is 0 Å².